The third-order valence-electron chi connectivity index (χ3n) is 5.06. The number of para-hydroxylation sites is 1. The summed E-state index contributed by atoms with van der Waals surface area (Å²) < 4.78 is 0. The second-order valence-corrected chi connectivity index (χ2v) is 6.50. The van der Waals surface area contributed by atoms with Gasteiger partial charge in [-0.1, -0.05) is 48.6 Å². The largest absolute Gasteiger partial charge is 0.364 e. The fraction of sp³-hybridized carbons (Fsp3) is 0.286. The standard InChI is InChI=1S/C21H22N2O/c24-21(18-8-2-1-3-9-18)22-15-12-19(13-16-22)23-14-6-10-17-7-4-5-11-20(17)23/h1-11,19H,12-16H2. The van der Waals surface area contributed by atoms with Gasteiger partial charge in [0.2, 0.25) is 0 Å². The molecule has 1 amide bonds. The van der Waals surface area contributed by atoms with E-state index in [9.17, 15) is 4.79 Å². The van der Waals surface area contributed by atoms with Crippen LogP contribution in [0.4, 0.5) is 5.69 Å². The zero-order valence-corrected chi connectivity index (χ0v) is 13.8. The normalized spacial score (nSPS) is 17.7. The molecule has 2 heterocycles. The fourth-order valence-electron chi connectivity index (χ4n) is 3.77. The molecule has 2 aliphatic heterocycles. The Balaban J connectivity index is 1.44. The van der Waals surface area contributed by atoms with Gasteiger partial charge < -0.3 is 9.80 Å². The molecule has 0 atom stereocenters. The number of anilines is 1. The number of hydrogen-bond donors (Lipinski definition) is 0. The zero-order chi connectivity index (χ0) is 16.4. The Morgan fingerprint density at radius 1 is 0.917 bits per heavy atom. The molecule has 0 unspecified atom stereocenters. The predicted molar refractivity (Wildman–Crippen MR) is 98.2 cm³/mol. The maximum absolute atomic E-state index is 12.6. The van der Waals surface area contributed by atoms with E-state index in [0.29, 0.717) is 6.04 Å². The Labute approximate surface area is 143 Å². The first-order valence-electron chi connectivity index (χ1n) is 8.69. The molecule has 1 saturated heterocycles. The smallest absolute Gasteiger partial charge is 0.253 e. The number of piperidine rings is 1. The number of carbonyl (C=O) groups is 1. The number of nitrogens with zero attached hydrogens (tertiary/aromatic N) is 2. The Kier molecular flexibility index (Phi) is 4.08. The van der Waals surface area contributed by atoms with Gasteiger partial charge in [0.25, 0.3) is 5.91 Å². The molecule has 0 bridgehead atoms. The van der Waals surface area contributed by atoms with E-state index < -0.39 is 0 Å². The summed E-state index contributed by atoms with van der Waals surface area (Å²) >= 11 is 0. The van der Waals surface area contributed by atoms with Gasteiger partial charge in [0.1, 0.15) is 0 Å². The average Bonchev–Trinajstić information content (AvgIpc) is 2.68. The highest BCUT2D eigenvalue weighted by molar-refractivity contribution is 5.94. The minimum absolute atomic E-state index is 0.160. The minimum Gasteiger partial charge on any atom is -0.364 e. The molecule has 0 N–H and O–H groups in total. The van der Waals surface area contributed by atoms with Gasteiger partial charge in [-0.3, -0.25) is 4.79 Å². The first-order valence-corrected chi connectivity index (χ1v) is 8.69. The maximum Gasteiger partial charge on any atom is 0.253 e. The van der Waals surface area contributed by atoms with Crippen LogP contribution >= 0.6 is 0 Å². The predicted octanol–water partition coefficient (Wildman–Crippen LogP) is 3.82. The van der Waals surface area contributed by atoms with E-state index in [-0.39, 0.29) is 5.91 Å². The molecule has 0 aromatic heterocycles. The lowest BCUT2D eigenvalue weighted by atomic mass is 9.98. The van der Waals surface area contributed by atoms with Gasteiger partial charge in [0.15, 0.2) is 0 Å². The Morgan fingerprint density at radius 2 is 1.62 bits per heavy atom. The molecule has 0 saturated carbocycles. The van der Waals surface area contributed by atoms with E-state index >= 15 is 0 Å². The van der Waals surface area contributed by atoms with Crippen molar-refractivity contribution >= 4 is 17.7 Å². The summed E-state index contributed by atoms with van der Waals surface area (Å²) in [6.45, 7) is 2.63. The van der Waals surface area contributed by atoms with Crippen molar-refractivity contribution in [1.29, 1.82) is 0 Å². The molecule has 0 aliphatic carbocycles. The number of hydrogen-bond acceptors (Lipinski definition) is 2. The van der Waals surface area contributed by atoms with Crippen LogP contribution in [0.1, 0.15) is 28.8 Å². The highest BCUT2D eigenvalue weighted by Gasteiger charge is 2.28. The molecule has 122 valence electrons. The molecule has 3 heteroatoms. The van der Waals surface area contributed by atoms with Crippen LogP contribution < -0.4 is 4.90 Å². The van der Waals surface area contributed by atoms with Crippen LogP contribution in [-0.4, -0.2) is 36.5 Å². The minimum atomic E-state index is 0.160. The quantitative estimate of drug-likeness (QED) is 0.840. The van der Waals surface area contributed by atoms with Crippen LogP contribution in [0.5, 0.6) is 0 Å². The summed E-state index contributed by atoms with van der Waals surface area (Å²) in [6.07, 6.45) is 6.51. The van der Waals surface area contributed by atoms with Gasteiger partial charge in [-0.05, 0) is 36.6 Å². The summed E-state index contributed by atoms with van der Waals surface area (Å²) in [5.41, 5.74) is 3.42. The Hall–Kier alpha value is -2.55. The topological polar surface area (TPSA) is 23.6 Å². The second-order valence-electron chi connectivity index (χ2n) is 6.50. The van der Waals surface area contributed by atoms with Crippen LogP contribution in [0.2, 0.25) is 0 Å². The molecular weight excluding hydrogens is 296 g/mol. The summed E-state index contributed by atoms with van der Waals surface area (Å²) in [5.74, 6) is 0.160. The van der Waals surface area contributed by atoms with E-state index in [4.69, 9.17) is 0 Å². The number of benzene rings is 2. The highest BCUT2D eigenvalue weighted by Crippen LogP contribution is 2.30. The molecule has 3 nitrogen and oxygen atoms in total. The monoisotopic (exact) mass is 318 g/mol. The number of likely N-dealkylation sites (tertiary alicyclic amines) is 1. The molecule has 2 aliphatic rings. The lowest BCUT2D eigenvalue weighted by molar-refractivity contribution is 0.0712. The van der Waals surface area contributed by atoms with Crippen molar-refractivity contribution in [1.82, 2.24) is 4.90 Å². The number of fused-ring (bicyclic) bond motifs is 1. The summed E-state index contributed by atoms with van der Waals surface area (Å²) in [4.78, 5) is 17.1. The lowest BCUT2D eigenvalue weighted by Crippen LogP contribution is -2.47. The highest BCUT2D eigenvalue weighted by atomic mass is 16.2. The van der Waals surface area contributed by atoms with Crippen molar-refractivity contribution < 1.29 is 4.79 Å². The molecule has 2 aromatic carbocycles. The van der Waals surface area contributed by atoms with Crippen molar-refractivity contribution in [2.75, 3.05) is 24.5 Å². The van der Waals surface area contributed by atoms with Crippen molar-refractivity contribution in [2.24, 2.45) is 0 Å². The van der Waals surface area contributed by atoms with Gasteiger partial charge in [0, 0.05) is 36.9 Å². The van der Waals surface area contributed by atoms with Crippen LogP contribution in [0, 0.1) is 0 Å². The van der Waals surface area contributed by atoms with E-state index in [1.807, 2.05) is 35.2 Å². The zero-order valence-electron chi connectivity index (χ0n) is 13.8. The van der Waals surface area contributed by atoms with Gasteiger partial charge in [0.05, 0.1) is 0 Å². The first kappa shape index (κ1) is 15.0. The molecule has 0 radical (unpaired) electrons. The average molecular weight is 318 g/mol. The summed E-state index contributed by atoms with van der Waals surface area (Å²) in [6, 6.07) is 18.7. The van der Waals surface area contributed by atoms with Gasteiger partial charge in [-0.25, -0.2) is 0 Å². The van der Waals surface area contributed by atoms with Crippen LogP contribution in [-0.2, 0) is 0 Å². The molecule has 2 aromatic rings. The maximum atomic E-state index is 12.6. The van der Waals surface area contributed by atoms with Crippen LogP contribution in [0.3, 0.4) is 0 Å². The number of rotatable bonds is 2. The molecule has 1 fully saturated rings. The molecule has 0 spiro atoms. The molecular formula is C21H22N2O. The van der Waals surface area contributed by atoms with Crippen molar-refractivity contribution in [2.45, 2.75) is 18.9 Å². The van der Waals surface area contributed by atoms with Crippen LogP contribution in [0.15, 0.2) is 60.7 Å². The van der Waals surface area contributed by atoms with E-state index in [2.05, 4.69) is 41.3 Å². The van der Waals surface area contributed by atoms with Crippen molar-refractivity contribution in [3.63, 3.8) is 0 Å². The van der Waals surface area contributed by atoms with Crippen molar-refractivity contribution in [3.05, 3.63) is 71.8 Å². The van der Waals surface area contributed by atoms with Gasteiger partial charge >= 0.3 is 0 Å². The Morgan fingerprint density at radius 3 is 2.42 bits per heavy atom. The fourth-order valence-corrected chi connectivity index (χ4v) is 3.77. The van der Waals surface area contributed by atoms with E-state index in [0.717, 1.165) is 38.0 Å². The summed E-state index contributed by atoms with van der Waals surface area (Å²) in [7, 11) is 0. The summed E-state index contributed by atoms with van der Waals surface area (Å²) in [5, 5.41) is 0. The third-order valence-corrected chi connectivity index (χ3v) is 5.06. The first-order chi connectivity index (χ1) is 11.8. The van der Waals surface area contributed by atoms with Crippen molar-refractivity contribution in [3.8, 4) is 0 Å². The second kappa shape index (κ2) is 6.52. The van der Waals surface area contributed by atoms with Gasteiger partial charge in [-0.2, -0.15) is 0 Å². The van der Waals surface area contributed by atoms with E-state index in [1.165, 1.54) is 11.3 Å². The lowest BCUT2D eigenvalue weighted by Gasteiger charge is -2.41. The third kappa shape index (κ3) is 2.82. The van der Waals surface area contributed by atoms with Crippen LogP contribution in [0.25, 0.3) is 6.08 Å². The number of carbonyl (C=O) groups excluding carboxylic acids is 1. The molecule has 24 heavy (non-hydrogen) atoms. The van der Waals surface area contributed by atoms with E-state index in [1.54, 1.807) is 0 Å². The molecule has 4 rings (SSSR count). The van der Waals surface area contributed by atoms with Gasteiger partial charge in [-0.15, -0.1) is 0 Å². The number of amides is 1. The SMILES string of the molecule is O=C(c1ccccc1)N1CCC(N2CC=Cc3ccccc32)CC1. The Bertz CT molecular complexity index is 745.